The lowest BCUT2D eigenvalue weighted by Gasteiger charge is -2.48. The maximum atomic E-state index is 12.4. The van der Waals surface area contributed by atoms with Gasteiger partial charge < -0.3 is 15.0 Å². The van der Waals surface area contributed by atoms with Crippen LogP contribution in [-0.2, 0) is 6.42 Å². The Morgan fingerprint density at radius 1 is 1.42 bits per heavy atom. The molecule has 1 amide bonds. The van der Waals surface area contributed by atoms with Crippen LogP contribution in [0.5, 0.6) is 0 Å². The summed E-state index contributed by atoms with van der Waals surface area (Å²) in [5.74, 6) is 0.0308. The Kier molecular flexibility index (Phi) is 3.47. The number of piperidine rings is 1. The molecule has 1 aromatic heterocycles. The van der Waals surface area contributed by atoms with Crippen LogP contribution in [0.3, 0.4) is 0 Å². The van der Waals surface area contributed by atoms with E-state index >= 15 is 0 Å². The zero-order valence-electron chi connectivity index (χ0n) is 12.3. The highest BCUT2D eigenvalue weighted by Gasteiger charge is 2.45. The van der Waals surface area contributed by atoms with Crippen LogP contribution in [0.4, 0.5) is 0 Å². The number of nitrogens with one attached hydrogen (secondary N) is 1. The van der Waals surface area contributed by atoms with Crippen molar-refractivity contribution >= 4 is 5.91 Å². The lowest BCUT2D eigenvalue weighted by Crippen LogP contribution is -2.57. The predicted octanol–water partition coefficient (Wildman–Crippen LogP) is 2.20. The first-order valence-corrected chi connectivity index (χ1v) is 6.96. The molecule has 0 radical (unpaired) electrons. The molecule has 106 valence electrons. The molecule has 0 unspecified atom stereocenters. The van der Waals surface area contributed by atoms with E-state index in [9.17, 15) is 9.90 Å². The molecule has 1 saturated heterocycles. The maximum absolute atomic E-state index is 12.4. The molecule has 2 heterocycles. The van der Waals surface area contributed by atoms with Crippen LogP contribution >= 0.6 is 0 Å². The number of aromatic nitrogens is 1. The van der Waals surface area contributed by atoms with Crippen molar-refractivity contribution in [3.63, 3.8) is 0 Å². The van der Waals surface area contributed by atoms with E-state index in [2.05, 4.69) is 11.9 Å². The van der Waals surface area contributed by atoms with Crippen molar-refractivity contribution < 1.29 is 9.90 Å². The van der Waals surface area contributed by atoms with Crippen molar-refractivity contribution in [2.75, 3.05) is 13.1 Å². The number of nitrogens with zero attached hydrogens (tertiary/aromatic N) is 1. The molecule has 0 saturated carbocycles. The van der Waals surface area contributed by atoms with E-state index < -0.39 is 5.60 Å². The topological polar surface area (TPSA) is 56.3 Å². The first-order chi connectivity index (χ1) is 8.77. The molecular weight excluding hydrogens is 240 g/mol. The Morgan fingerprint density at radius 2 is 2.11 bits per heavy atom. The third-order valence-corrected chi connectivity index (χ3v) is 4.56. The smallest absolute Gasteiger partial charge is 0.270 e. The summed E-state index contributed by atoms with van der Waals surface area (Å²) in [6.07, 6.45) is 1.51. The van der Waals surface area contributed by atoms with Gasteiger partial charge in [0.25, 0.3) is 5.91 Å². The van der Waals surface area contributed by atoms with Crippen molar-refractivity contribution in [3.05, 3.63) is 23.5 Å². The van der Waals surface area contributed by atoms with Crippen LogP contribution in [0.15, 0.2) is 12.1 Å². The number of hydrogen-bond acceptors (Lipinski definition) is 2. The fourth-order valence-corrected chi connectivity index (χ4v) is 2.53. The highest BCUT2D eigenvalue weighted by molar-refractivity contribution is 5.92. The number of aryl methyl sites for hydroxylation is 1. The third-order valence-electron chi connectivity index (χ3n) is 4.56. The Morgan fingerprint density at radius 3 is 2.63 bits per heavy atom. The second-order valence-corrected chi connectivity index (χ2v) is 6.39. The Balaban J connectivity index is 2.13. The van der Waals surface area contributed by atoms with Gasteiger partial charge in [0.2, 0.25) is 0 Å². The van der Waals surface area contributed by atoms with Gasteiger partial charge >= 0.3 is 0 Å². The van der Waals surface area contributed by atoms with Crippen molar-refractivity contribution in [1.29, 1.82) is 0 Å². The molecule has 0 bridgehead atoms. The average Bonchev–Trinajstić information content (AvgIpc) is 2.80. The number of hydrogen-bond donors (Lipinski definition) is 2. The zero-order valence-corrected chi connectivity index (χ0v) is 12.3. The second-order valence-electron chi connectivity index (χ2n) is 6.39. The SMILES string of the molecule is CCc1ccc(C(=O)N2CC[C@@](C)(O)C(C)(C)C2)[nH]1. The van der Waals surface area contributed by atoms with Gasteiger partial charge in [-0.1, -0.05) is 20.8 Å². The zero-order chi connectivity index (χ0) is 14.3. The fourth-order valence-electron chi connectivity index (χ4n) is 2.53. The van der Waals surface area contributed by atoms with Gasteiger partial charge in [-0.2, -0.15) is 0 Å². The summed E-state index contributed by atoms with van der Waals surface area (Å²) in [5.41, 5.74) is 0.718. The van der Waals surface area contributed by atoms with Gasteiger partial charge in [0.1, 0.15) is 5.69 Å². The van der Waals surface area contributed by atoms with Crippen LogP contribution in [0.25, 0.3) is 0 Å². The molecular formula is C15H24N2O2. The number of H-pyrrole nitrogens is 1. The summed E-state index contributed by atoms with van der Waals surface area (Å²) in [6, 6.07) is 3.80. The number of likely N-dealkylation sites (tertiary alicyclic amines) is 1. The van der Waals surface area contributed by atoms with Gasteiger partial charge in [-0.15, -0.1) is 0 Å². The minimum Gasteiger partial charge on any atom is -0.389 e. The third kappa shape index (κ3) is 2.54. The van der Waals surface area contributed by atoms with E-state index in [1.807, 2.05) is 37.8 Å². The Hall–Kier alpha value is -1.29. The molecule has 1 aromatic rings. The normalized spacial score (nSPS) is 26.5. The molecule has 2 rings (SSSR count). The summed E-state index contributed by atoms with van der Waals surface area (Å²) in [4.78, 5) is 17.4. The molecule has 0 aliphatic carbocycles. The van der Waals surface area contributed by atoms with E-state index in [4.69, 9.17) is 0 Å². The van der Waals surface area contributed by atoms with Crippen LogP contribution in [0.2, 0.25) is 0 Å². The number of carbonyl (C=O) groups excluding carboxylic acids is 1. The monoisotopic (exact) mass is 264 g/mol. The molecule has 1 aliphatic rings. The van der Waals surface area contributed by atoms with Crippen molar-refractivity contribution in [3.8, 4) is 0 Å². The van der Waals surface area contributed by atoms with Gasteiger partial charge in [0.15, 0.2) is 0 Å². The Labute approximate surface area is 114 Å². The minimum atomic E-state index is -0.714. The molecule has 19 heavy (non-hydrogen) atoms. The van der Waals surface area contributed by atoms with Crippen LogP contribution in [0, 0.1) is 5.41 Å². The minimum absolute atomic E-state index is 0.0308. The van der Waals surface area contributed by atoms with Crippen molar-refractivity contribution in [2.24, 2.45) is 5.41 Å². The largest absolute Gasteiger partial charge is 0.389 e. The van der Waals surface area contributed by atoms with Crippen LogP contribution in [0.1, 0.15) is 50.3 Å². The van der Waals surface area contributed by atoms with Crippen molar-refractivity contribution in [1.82, 2.24) is 9.88 Å². The highest BCUT2D eigenvalue weighted by atomic mass is 16.3. The molecule has 1 fully saturated rings. The number of amides is 1. The standard InChI is InChI=1S/C15H24N2O2/c1-5-11-6-7-12(16-11)13(18)17-9-8-15(4,19)14(2,3)10-17/h6-7,16,19H,5,8-10H2,1-4H3/t15-/m1/s1. The van der Waals surface area contributed by atoms with Gasteiger partial charge in [-0.05, 0) is 31.9 Å². The highest BCUT2D eigenvalue weighted by Crippen LogP contribution is 2.38. The second kappa shape index (κ2) is 4.67. The molecule has 0 spiro atoms. The molecule has 4 heteroatoms. The molecule has 2 N–H and O–H groups in total. The number of carbonyl (C=O) groups is 1. The van der Waals surface area contributed by atoms with Crippen LogP contribution in [-0.4, -0.2) is 39.6 Å². The molecule has 1 atom stereocenters. The summed E-state index contributed by atoms with van der Waals surface area (Å²) in [7, 11) is 0. The summed E-state index contributed by atoms with van der Waals surface area (Å²) in [6.45, 7) is 9.13. The van der Waals surface area contributed by atoms with E-state index in [0.29, 0.717) is 25.2 Å². The van der Waals surface area contributed by atoms with Gasteiger partial charge in [-0.3, -0.25) is 4.79 Å². The quantitative estimate of drug-likeness (QED) is 0.860. The lowest BCUT2D eigenvalue weighted by atomic mass is 9.71. The van der Waals surface area contributed by atoms with E-state index in [0.717, 1.165) is 12.1 Å². The first kappa shape index (κ1) is 14.1. The predicted molar refractivity (Wildman–Crippen MR) is 75.1 cm³/mol. The average molecular weight is 264 g/mol. The van der Waals surface area contributed by atoms with Gasteiger partial charge in [0, 0.05) is 24.2 Å². The number of aromatic amines is 1. The van der Waals surface area contributed by atoms with E-state index in [-0.39, 0.29) is 11.3 Å². The van der Waals surface area contributed by atoms with E-state index in [1.165, 1.54) is 0 Å². The lowest BCUT2D eigenvalue weighted by molar-refractivity contribution is -0.0971. The van der Waals surface area contributed by atoms with E-state index in [1.54, 1.807) is 0 Å². The molecule has 4 nitrogen and oxygen atoms in total. The van der Waals surface area contributed by atoms with Gasteiger partial charge in [-0.25, -0.2) is 0 Å². The summed E-state index contributed by atoms with van der Waals surface area (Å²) >= 11 is 0. The molecule has 0 aromatic carbocycles. The summed E-state index contributed by atoms with van der Waals surface area (Å²) < 4.78 is 0. The van der Waals surface area contributed by atoms with Crippen LogP contribution < -0.4 is 0 Å². The first-order valence-electron chi connectivity index (χ1n) is 6.96. The molecule has 1 aliphatic heterocycles. The maximum Gasteiger partial charge on any atom is 0.270 e. The fraction of sp³-hybridized carbons (Fsp3) is 0.667. The number of rotatable bonds is 2. The Bertz CT molecular complexity index is 474. The van der Waals surface area contributed by atoms with Gasteiger partial charge in [0.05, 0.1) is 5.60 Å². The van der Waals surface area contributed by atoms with Crippen molar-refractivity contribution in [2.45, 2.75) is 46.1 Å². The number of aliphatic hydroxyl groups is 1. The summed E-state index contributed by atoms with van der Waals surface area (Å²) in [5, 5.41) is 10.4.